The Morgan fingerprint density at radius 1 is 1.03 bits per heavy atom. The molecule has 0 aliphatic carbocycles. The Kier molecular flexibility index (Phi) is 6.44. The fourth-order valence-electron chi connectivity index (χ4n) is 3.53. The summed E-state index contributed by atoms with van der Waals surface area (Å²) in [7, 11) is 0. The minimum Gasteiger partial charge on any atom is -0.505 e. The van der Waals surface area contributed by atoms with E-state index in [2.05, 4.69) is 20.1 Å². The number of halogens is 1. The first-order valence-corrected chi connectivity index (χ1v) is 10.9. The van der Waals surface area contributed by atoms with Gasteiger partial charge in [0, 0.05) is 10.6 Å². The molecule has 0 spiro atoms. The summed E-state index contributed by atoms with van der Waals surface area (Å²) in [5, 5.41) is 31.1. The van der Waals surface area contributed by atoms with Crippen molar-refractivity contribution in [1.82, 2.24) is 9.78 Å². The number of nitrogens with one attached hydrogen (secondary N) is 1. The molecule has 1 heterocycles. The summed E-state index contributed by atoms with van der Waals surface area (Å²) in [5.41, 5.74) is 3.93. The number of carbonyl (C=O) groups is 1. The maximum absolute atomic E-state index is 13.0. The zero-order chi connectivity index (χ0) is 25.3. The molecule has 10 heteroatoms. The van der Waals surface area contributed by atoms with E-state index in [9.17, 15) is 14.7 Å². The van der Waals surface area contributed by atoms with Crippen LogP contribution in [-0.4, -0.2) is 26.1 Å². The van der Waals surface area contributed by atoms with Gasteiger partial charge in [0.1, 0.15) is 11.4 Å². The second-order valence-corrected chi connectivity index (χ2v) is 8.35. The predicted molar refractivity (Wildman–Crippen MR) is 132 cm³/mol. The molecule has 4 rings (SSSR count). The predicted octanol–water partition coefficient (Wildman–Crippen LogP) is 6.59. The van der Waals surface area contributed by atoms with Gasteiger partial charge in [-0.1, -0.05) is 29.8 Å². The Bertz CT molecular complexity index is 1540. The van der Waals surface area contributed by atoms with Crippen LogP contribution in [0.3, 0.4) is 0 Å². The number of aromatic nitrogens is 2. The van der Waals surface area contributed by atoms with Gasteiger partial charge in [0.25, 0.3) is 5.56 Å². The number of aromatic hydroxyl groups is 1. The van der Waals surface area contributed by atoms with Crippen LogP contribution >= 0.6 is 11.6 Å². The third-order valence-electron chi connectivity index (χ3n) is 5.45. The van der Waals surface area contributed by atoms with Gasteiger partial charge in [0.05, 0.1) is 11.4 Å². The number of para-hydroxylation sites is 1. The summed E-state index contributed by atoms with van der Waals surface area (Å²) in [6.07, 6.45) is -1.49. The van der Waals surface area contributed by atoms with Gasteiger partial charge in [-0.2, -0.15) is 0 Å². The summed E-state index contributed by atoms with van der Waals surface area (Å²) in [6, 6.07) is 14.8. The Morgan fingerprint density at radius 2 is 1.80 bits per heavy atom. The third kappa shape index (κ3) is 4.95. The lowest BCUT2D eigenvalue weighted by Gasteiger charge is -2.09. The Morgan fingerprint density at radius 3 is 2.51 bits per heavy atom. The number of nitrogens with zero attached hydrogens (tertiary/aromatic N) is 3. The zero-order valence-electron chi connectivity index (χ0n) is 19.0. The van der Waals surface area contributed by atoms with Crippen molar-refractivity contribution >= 4 is 29.1 Å². The summed E-state index contributed by atoms with van der Waals surface area (Å²) in [4.78, 5) is 23.9. The van der Waals surface area contributed by atoms with Crippen LogP contribution in [0, 0.1) is 20.8 Å². The molecular weight excluding hydrogens is 472 g/mol. The molecule has 9 nitrogen and oxygen atoms in total. The number of carboxylic acid groups (broad SMARTS) is 1. The fraction of sp³-hybridized carbons (Fsp3) is 0.120. The van der Waals surface area contributed by atoms with Crippen LogP contribution in [0.5, 0.6) is 11.5 Å². The molecule has 1 aromatic heterocycles. The highest BCUT2D eigenvalue weighted by Gasteiger charge is 2.15. The molecule has 0 unspecified atom stereocenters. The first-order chi connectivity index (χ1) is 16.6. The molecule has 0 amide bonds. The van der Waals surface area contributed by atoms with E-state index in [-0.39, 0.29) is 33.5 Å². The molecule has 178 valence electrons. The number of phenols is 1. The van der Waals surface area contributed by atoms with Gasteiger partial charge in [-0.25, -0.2) is 9.48 Å². The number of rotatable bonds is 5. The van der Waals surface area contributed by atoms with Gasteiger partial charge in [-0.3, -0.25) is 9.89 Å². The van der Waals surface area contributed by atoms with Gasteiger partial charge in [-0.05, 0) is 73.9 Å². The standard InChI is InChI=1S/C25H21ClN4O5/c1-13-7-8-18(9-14(13)2)30-24(32)22(15(3)29-30)28-27-21-6-4-5-20(23(21)31)16-10-17(26)12-19(11-16)35-25(33)34/h4-12,29,31H,1-3H3,(H,33,34). The number of phenolic OH excluding ortho intramolecular Hbond substituents is 1. The molecule has 4 aromatic rings. The number of H-pyrrole nitrogens is 1. The van der Waals surface area contributed by atoms with E-state index in [0.29, 0.717) is 22.5 Å². The van der Waals surface area contributed by atoms with E-state index in [1.807, 2.05) is 32.0 Å². The van der Waals surface area contributed by atoms with Crippen LogP contribution in [0.2, 0.25) is 5.02 Å². The molecule has 3 N–H and O–H groups in total. The second-order valence-electron chi connectivity index (χ2n) is 7.91. The Labute approximate surface area is 204 Å². The normalized spacial score (nSPS) is 11.2. The molecule has 3 aromatic carbocycles. The summed E-state index contributed by atoms with van der Waals surface area (Å²) >= 11 is 6.09. The van der Waals surface area contributed by atoms with Crippen molar-refractivity contribution in [1.29, 1.82) is 0 Å². The number of hydrogen-bond donors (Lipinski definition) is 3. The van der Waals surface area contributed by atoms with Crippen LogP contribution < -0.4 is 10.3 Å². The maximum atomic E-state index is 13.0. The van der Waals surface area contributed by atoms with E-state index in [1.54, 1.807) is 25.1 Å². The lowest BCUT2D eigenvalue weighted by atomic mass is 10.0. The first kappa shape index (κ1) is 23.8. The molecule has 0 saturated heterocycles. The van der Waals surface area contributed by atoms with Crippen LogP contribution in [0.1, 0.15) is 16.8 Å². The molecule has 0 radical (unpaired) electrons. The van der Waals surface area contributed by atoms with Crippen LogP contribution in [-0.2, 0) is 0 Å². The van der Waals surface area contributed by atoms with Crippen LogP contribution in [0.25, 0.3) is 16.8 Å². The third-order valence-corrected chi connectivity index (χ3v) is 5.67. The fourth-order valence-corrected chi connectivity index (χ4v) is 3.75. The van der Waals surface area contributed by atoms with Crippen LogP contribution in [0.15, 0.2) is 69.6 Å². The topological polar surface area (TPSA) is 129 Å². The number of ether oxygens (including phenoxy) is 1. The number of aromatic amines is 1. The van der Waals surface area contributed by atoms with Gasteiger partial charge in [-0.15, -0.1) is 10.2 Å². The molecular formula is C25H21ClN4O5. The lowest BCUT2D eigenvalue weighted by molar-refractivity contribution is 0.144. The molecule has 0 fully saturated rings. The van der Waals surface area contributed by atoms with E-state index < -0.39 is 6.16 Å². The average molecular weight is 493 g/mol. The highest BCUT2D eigenvalue weighted by atomic mass is 35.5. The minimum absolute atomic E-state index is 0.00118. The van der Waals surface area contributed by atoms with Gasteiger partial charge < -0.3 is 14.9 Å². The quantitative estimate of drug-likeness (QED) is 0.164. The van der Waals surface area contributed by atoms with Crippen molar-refractivity contribution in [3.05, 3.63) is 86.8 Å². The summed E-state index contributed by atoms with van der Waals surface area (Å²) in [6.45, 7) is 5.66. The monoisotopic (exact) mass is 492 g/mol. The van der Waals surface area contributed by atoms with Gasteiger partial charge in [0.2, 0.25) is 0 Å². The molecule has 35 heavy (non-hydrogen) atoms. The number of azo groups is 1. The second kappa shape index (κ2) is 9.47. The highest BCUT2D eigenvalue weighted by molar-refractivity contribution is 6.31. The van der Waals surface area contributed by atoms with E-state index in [1.165, 1.54) is 22.9 Å². The molecule has 0 atom stereocenters. The molecule has 0 aliphatic rings. The smallest absolute Gasteiger partial charge is 0.505 e. The number of aryl methyl sites for hydroxylation is 3. The van der Waals surface area contributed by atoms with Crippen molar-refractivity contribution in [2.75, 3.05) is 0 Å². The minimum atomic E-state index is -1.49. The molecule has 0 bridgehead atoms. The van der Waals surface area contributed by atoms with Crippen molar-refractivity contribution < 1.29 is 19.7 Å². The van der Waals surface area contributed by atoms with E-state index >= 15 is 0 Å². The Hall–Kier alpha value is -4.37. The Balaban J connectivity index is 1.70. The van der Waals surface area contributed by atoms with E-state index in [4.69, 9.17) is 16.7 Å². The SMILES string of the molecule is Cc1ccc(-n2[nH]c(C)c(N=Nc3cccc(-c4cc(Cl)cc(OC(=O)O)c4)c3O)c2=O)cc1C. The summed E-state index contributed by atoms with van der Waals surface area (Å²) < 4.78 is 6.07. The molecule has 0 aliphatic heterocycles. The largest absolute Gasteiger partial charge is 0.511 e. The lowest BCUT2D eigenvalue weighted by Crippen LogP contribution is -2.14. The van der Waals surface area contributed by atoms with Crippen molar-refractivity contribution in [3.63, 3.8) is 0 Å². The number of benzene rings is 3. The highest BCUT2D eigenvalue weighted by Crippen LogP contribution is 2.40. The van der Waals surface area contributed by atoms with Crippen molar-refractivity contribution in [3.8, 4) is 28.3 Å². The maximum Gasteiger partial charge on any atom is 0.511 e. The van der Waals surface area contributed by atoms with Crippen molar-refractivity contribution in [2.24, 2.45) is 10.2 Å². The summed E-state index contributed by atoms with van der Waals surface area (Å²) in [5.74, 6) is -0.219. The van der Waals surface area contributed by atoms with Crippen molar-refractivity contribution in [2.45, 2.75) is 20.8 Å². The van der Waals surface area contributed by atoms with Gasteiger partial charge >= 0.3 is 6.16 Å². The average Bonchev–Trinajstić information content (AvgIpc) is 3.07. The van der Waals surface area contributed by atoms with Gasteiger partial charge in [0.15, 0.2) is 11.4 Å². The molecule has 0 saturated carbocycles. The number of hydrogen-bond acceptors (Lipinski definition) is 6. The zero-order valence-corrected chi connectivity index (χ0v) is 19.8. The van der Waals surface area contributed by atoms with Crippen LogP contribution in [0.4, 0.5) is 16.2 Å². The first-order valence-electron chi connectivity index (χ1n) is 10.5. The van der Waals surface area contributed by atoms with E-state index in [0.717, 1.165) is 11.1 Å².